The number of hydrogen-bond donors (Lipinski definition) is 0. The van der Waals surface area contributed by atoms with E-state index in [1.165, 1.54) is 0 Å². The van der Waals surface area contributed by atoms with Crippen molar-refractivity contribution in [1.29, 1.82) is 0 Å². The van der Waals surface area contributed by atoms with Gasteiger partial charge < -0.3 is 4.74 Å². The fourth-order valence-electron chi connectivity index (χ4n) is 1.60. The molecule has 1 heterocycles. The molecule has 1 aromatic carbocycles. The van der Waals surface area contributed by atoms with Gasteiger partial charge in [0.1, 0.15) is 0 Å². The number of hydrogen-bond acceptors (Lipinski definition) is 3. The van der Waals surface area contributed by atoms with Gasteiger partial charge in [0.25, 0.3) is 0 Å². The van der Waals surface area contributed by atoms with Gasteiger partial charge in [0.2, 0.25) is 0 Å². The maximum Gasteiger partial charge on any atom is 0.311 e. The van der Waals surface area contributed by atoms with Gasteiger partial charge in [0, 0.05) is 10.4 Å². The van der Waals surface area contributed by atoms with Gasteiger partial charge in [-0.2, -0.15) is 0 Å². The lowest BCUT2D eigenvalue weighted by Crippen LogP contribution is -2.08. The summed E-state index contributed by atoms with van der Waals surface area (Å²) in [6.45, 7) is 2.18. The van der Waals surface area contributed by atoms with Crippen molar-refractivity contribution >= 4 is 28.5 Å². The van der Waals surface area contributed by atoms with E-state index in [-0.39, 0.29) is 12.4 Å². The van der Waals surface area contributed by atoms with Crippen molar-refractivity contribution < 1.29 is 9.53 Å². The maximum absolute atomic E-state index is 11.3. The quantitative estimate of drug-likeness (QED) is 0.785. The number of aromatic nitrogens is 1. The summed E-state index contributed by atoms with van der Waals surface area (Å²) in [5.41, 5.74) is 1.54. The molecule has 3 nitrogen and oxygen atoms in total. The average molecular weight is 250 g/mol. The number of fused-ring (bicyclic) bond motifs is 1. The van der Waals surface area contributed by atoms with Gasteiger partial charge in [-0.1, -0.05) is 17.7 Å². The summed E-state index contributed by atoms with van der Waals surface area (Å²) in [6.07, 6.45) is 0.201. The zero-order valence-corrected chi connectivity index (χ0v) is 10.2. The SMILES string of the molecule is CCOC(=O)Cc1ccc2cc(Cl)ccc2n1. The van der Waals surface area contributed by atoms with Crippen molar-refractivity contribution in [3.63, 3.8) is 0 Å². The highest BCUT2D eigenvalue weighted by atomic mass is 35.5. The first-order chi connectivity index (χ1) is 8.19. The van der Waals surface area contributed by atoms with Crippen LogP contribution in [0.3, 0.4) is 0 Å². The van der Waals surface area contributed by atoms with Crippen LogP contribution in [0.15, 0.2) is 30.3 Å². The van der Waals surface area contributed by atoms with E-state index in [9.17, 15) is 4.79 Å². The molecule has 0 radical (unpaired) electrons. The molecule has 2 rings (SSSR count). The number of nitrogens with zero attached hydrogens (tertiary/aromatic N) is 1. The van der Waals surface area contributed by atoms with Crippen molar-refractivity contribution in [3.8, 4) is 0 Å². The molecule has 0 saturated heterocycles. The van der Waals surface area contributed by atoms with Crippen molar-refractivity contribution in [1.82, 2.24) is 4.98 Å². The van der Waals surface area contributed by atoms with Crippen LogP contribution in [0.1, 0.15) is 12.6 Å². The molecule has 1 aromatic heterocycles. The second kappa shape index (κ2) is 5.15. The average Bonchev–Trinajstić information content (AvgIpc) is 2.29. The van der Waals surface area contributed by atoms with Crippen molar-refractivity contribution in [2.45, 2.75) is 13.3 Å². The van der Waals surface area contributed by atoms with Crippen LogP contribution in [-0.2, 0) is 16.0 Å². The maximum atomic E-state index is 11.3. The Morgan fingerprint density at radius 3 is 2.94 bits per heavy atom. The molecule has 2 aromatic rings. The minimum absolute atomic E-state index is 0.201. The zero-order chi connectivity index (χ0) is 12.3. The van der Waals surface area contributed by atoms with Gasteiger partial charge >= 0.3 is 5.97 Å². The monoisotopic (exact) mass is 249 g/mol. The fraction of sp³-hybridized carbons (Fsp3) is 0.231. The summed E-state index contributed by atoms with van der Waals surface area (Å²) in [5.74, 6) is -0.256. The number of ether oxygens (including phenoxy) is 1. The third-order valence-corrected chi connectivity index (χ3v) is 2.57. The first-order valence-corrected chi connectivity index (χ1v) is 5.77. The third kappa shape index (κ3) is 2.94. The highest BCUT2D eigenvalue weighted by Crippen LogP contribution is 2.18. The highest BCUT2D eigenvalue weighted by molar-refractivity contribution is 6.31. The topological polar surface area (TPSA) is 39.2 Å². The highest BCUT2D eigenvalue weighted by Gasteiger charge is 2.06. The van der Waals surface area contributed by atoms with Crippen molar-refractivity contribution in [2.24, 2.45) is 0 Å². The van der Waals surface area contributed by atoms with Gasteiger partial charge in [-0.05, 0) is 31.2 Å². The Hall–Kier alpha value is -1.61. The Morgan fingerprint density at radius 1 is 1.35 bits per heavy atom. The molecule has 0 bridgehead atoms. The molecule has 0 aliphatic carbocycles. The number of carbonyl (C=O) groups is 1. The van der Waals surface area contributed by atoms with Gasteiger partial charge in [-0.15, -0.1) is 0 Å². The molecule has 0 saturated carbocycles. The lowest BCUT2D eigenvalue weighted by molar-refractivity contribution is -0.142. The largest absolute Gasteiger partial charge is 0.466 e. The minimum atomic E-state index is -0.256. The Kier molecular flexibility index (Phi) is 3.59. The number of rotatable bonds is 3. The number of esters is 1. The Morgan fingerprint density at radius 2 is 2.18 bits per heavy atom. The van der Waals surface area contributed by atoms with E-state index in [1.54, 1.807) is 13.0 Å². The number of halogens is 1. The molecule has 4 heteroatoms. The van der Waals surface area contributed by atoms with Gasteiger partial charge in [-0.25, -0.2) is 0 Å². The van der Waals surface area contributed by atoms with Crippen LogP contribution in [-0.4, -0.2) is 17.6 Å². The molecule has 0 atom stereocenters. The van der Waals surface area contributed by atoms with Crippen LogP contribution in [0.25, 0.3) is 10.9 Å². The van der Waals surface area contributed by atoms with E-state index < -0.39 is 0 Å². The standard InChI is InChI=1S/C13H12ClNO2/c1-2-17-13(16)8-11-5-3-9-7-10(14)4-6-12(9)15-11/h3-7H,2,8H2,1H3. The second-order valence-electron chi connectivity index (χ2n) is 3.62. The lowest BCUT2D eigenvalue weighted by Gasteiger charge is -2.03. The Balaban J connectivity index is 2.26. The van der Waals surface area contributed by atoms with E-state index in [0.29, 0.717) is 17.3 Å². The Bertz CT molecular complexity index is 554. The van der Waals surface area contributed by atoms with Crippen molar-refractivity contribution in [3.05, 3.63) is 41.0 Å². The van der Waals surface area contributed by atoms with E-state index in [0.717, 1.165) is 10.9 Å². The summed E-state index contributed by atoms with van der Waals surface area (Å²) in [7, 11) is 0. The third-order valence-electron chi connectivity index (χ3n) is 2.34. The molecule has 0 N–H and O–H groups in total. The predicted octanol–water partition coefficient (Wildman–Crippen LogP) is 2.99. The van der Waals surface area contributed by atoms with Crippen molar-refractivity contribution in [2.75, 3.05) is 6.61 Å². The molecule has 17 heavy (non-hydrogen) atoms. The smallest absolute Gasteiger partial charge is 0.311 e. The normalized spacial score (nSPS) is 10.5. The summed E-state index contributed by atoms with van der Waals surface area (Å²) in [6, 6.07) is 9.19. The van der Waals surface area contributed by atoms with Gasteiger partial charge in [0.15, 0.2) is 0 Å². The van der Waals surface area contributed by atoms with E-state index in [4.69, 9.17) is 16.3 Å². The summed E-state index contributed by atoms with van der Waals surface area (Å²) >= 11 is 5.88. The predicted molar refractivity (Wildman–Crippen MR) is 67.1 cm³/mol. The van der Waals surface area contributed by atoms with E-state index >= 15 is 0 Å². The summed E-state index contributed by atoms with van der Waals surface area (Å²) < 4.78 is 4.88. The zero-order valence-electron chi connectivity index (χ0n) is 9.44. The fourth-order valence-corrected chi connectivity index (χ4v) is 1.78. The molecule has 88 valence electrons. The first-order valence-electron chi connectivity index (χ1n) is 5.40. The molecule has 0 fully saturated rings. The van der Waals surface area contributed by atoms with Gasteiger partial charge in [-0.3, -0.25) is 9.78 Å². The molecule has 0 aliphatic heterocycles. The summed E-state index contributed by atoms with van der Waals surface area (Å²) in [4.78, 5) is 15.7. The van der Waals surface area contributed by atoms with Crippen LogP contribution in [0.4, 0.5) is 0 Å². The summed E-state index contributed by atoms with van der Waals surface area (Å²) in [5, 5.41) is 1.64. The first kappa shape index (κ1) is 11.9. The Labute approximate surface area is 104 Å². The molecule has 0 spiro atoms. The number of benzene rings is 1. The number of pyridine rings is 1. The minimum Gasteiger partial charge on any atom is -0.466 e. The van der Waals surface area contributed by atoms with Crippen LogP contribution in [0, 0.1) is 0 Å². The second-order valence-corrected chi connectivity index (χ2v) is 4.06. The van der Waals surface area contributed by atoms with Crippen LogP contribution in [0.2, 0.25) is 5.02 Å². The molecule has 0 aliphatic rings. The molecular formula is C13H12ClNO2. The van der Waals surface area contributed by atoms with Crippen LogP contribution < -0.4 is 0 Å². The van der Waals surface area contributed by atoms with E-state index in [1.807, 2.05) is 24.3 Å². The van der Waals surface area contributed by atoms with E-state index in [2.05, 4.69) is 4.98 Å². The number of carbonyl (C=O) groups excluding carboxylic acids is 1. The van der Waals surface area contributed by atoms with Crippen LogP contribution in [0.5, 0.6) is 0 Å². The van der Waals surface area contributed by atoms with Crippen LogP contribution >= 0.6 is 11.6 Å². The lowest BCUT2D eigenvalue weighted by atomic mass is 10.2. The molecular weight excluding hydrogens is 238 g/mol. The molecule has 0 amide bonds. The molecule has 0 unspecified atom stereocenters. The van der Waals surface area contributed by atoms with Gasteiger partial charge in [0.05, 0.1) is 24.2 Å².